The fraction of sp³-hybridized carbons (Fsp3) is 0.755. The zero-order chi connectivity index (χ0) is 34.5. The van der Waals surface area contributed by atoms with Crippen LogP contribution >= 0.6 is 0 Å². The van der Waals surface area contributed by atoms with Crippen LogP contribution in [0.3, 0.4) is 0 Å². The van der Waals surface area contributed by atoms with Crippen molar-refractivity contribution in [2.24, 2.45) is 0 Å². The molecular weight excluding hydrogens is 589 g/mol. The lowest BCUT2D eigenvalue weighted by molar-refractivity contribution is 0.397. The van der Waals surface area contributed by atoms with Gasteiger partial charge in [0.15, 0.2) is 0 Å². The molecule has 49 heavy (non-hydrogen) atoms. The molecule has 0 fully saturated rings. The molecule has 0 aliphatic heterocycles. The third kappa shape index (κ3) is 16.6. The van der Waals surface area contributed by atoms with E-state index in [-0.39, 0.29) is 5.41 Å². The summed E-state index contributed by atoms with van der Waals surface area (Å²) < 4.78 is 0. The van der Waals surface area contributed by atoms with Crippen LogP contribution in [-0.4, -0.2) is 0 Å². The standard InChI is InChI=1S/C49H82/c1-3-5-7-9-11-13-15-17-19-21-23-25-27-29-31-37-43-49(47-41-35-33-39-45(47)46-40-34-36-42-48(46)49)44-38-32-30-28-26-24-22-20-18-16-14-12-10-8-6-4-2/h33-36,39-42H,3-32,37-38,43-44H2,1-2H3. The minimum atomic E-state index is 0.235. The molecule has 0 heteroatoms. The van der Waals surface area contributed by atoms with Gasteiger partial charge in [-0.1, -0.05) is 268 Å². The van der Waals surface area contributed by atoms with Gasteiger partial charge in [-0.3, -0.25) is 0 Å². The Bertz CT molecular complexity index is 948. The second kappa shape index (κ2) is 28.1. The molecular formula is C49H82. The smallest absolute Gasteiger partial charge is 0.0215 e. The Hall–Kier alpha value is -1.56. The van der Waals surface area contributed by atoms with Gasteiger partial charge in [-0.15, -0.1) is 0 Å². The van der Waals surface area contributed by atoms with Crippen LogP contribution in [0.1, 0.15) is 243 Å². The summed E-state index contributed by atoms with van der Waals surface area (Å²) in [6.07, 6.45) is 48.9. The van der Waals surface area contributed by atoms with Gasteiger partial charge in [0.1, 0.15) is 0 Å². The van der Waals surface area contributed by atoms with Gasteiger partial charge in [0, 0.05) is 5.41 Å². The van der Waals surface area contributed by atoms with Crippen molar-refractivity contribution in [3.05, 3.63) is 59.7 Å². The number of fused-ring (bicyclic) bond motifs is 3. The molecule has 278 valence electrons. The SMILES string of the molecule is CCCCCCCCCCCCCCCCCCC1(CCCCCCCCCCCCCCCCCC)c2ccccc2-c2ccccc21. The first-order chi connectivity index (χ1) is 24.3. The second-order valence-corrected chi connectivity index (χ2v) is 16.3. The molecule has 0 unspecified atom stereocenters. The van der Waals surface area contributed by atoms with E-state index < -0.39 is 0 Å². The summed E-state index contributed by atoms with van der Waals surface area (Å²) in [7, 11) is 0. The summed E-state index contributed by atoms with van der Waals surface area (Å²) in [5, 5.41) is 0. The van der Waals surface area contributed by atoms with E-state index in [4.69, 9.17) is 0 Å². The maximum Gasteiger partial charge on any atom is 0.0215 e. The minimum absolute atomic E-state index is 0.235. The summed E-state index contributed by atoms with van der Waals surface area (Å²) in [6.45, 7) is 4.63. The molecule has 0 heterocycles. The fourth-order valence-electron chi connectivity index (χ4n) is 9.03. The molecule has 0 saturated carbocycles. The molecule has 2 aromatic rings. The first-order valence-electron chi connectivity index (χ1n) is 22.5. The largest absolute Gasteiger partial charge is 0.0654 e. The van der Waals surface area contributed by atoms with Gasteiger partial charge in [-0.25, -0.2) is 0 Å². The van der Waals surface area contributed by atoms with E-state index in [0.29, 0.717) is 0 Å². The molecule has 0 N–H and O–H groups in total. The van der Waals surface area contributed by atoms with Crippen molar-refractivity contribution in [2.45, 2.75) is 238 Å². The normalized spacial score (nSPS) is 13.2. The van der Waals surface area contributed by atoms with Crippen molar-refractivity contribution < 1.29 is 0 Å². The topological polar surface area (TPSA) is 0 Å². The highest BCUT2D eigenvalue weighted by atomic mass is 14.4. The van der Waals surface area contributed by atoms with Gasteiger partial charge in [0.05, 0.1) is 0 Å². The molecule has 0 bridgehead atoms. The molecule has 0 atom stereocenters. The maximum absolute atomic E-state index is 2.48. The van der Waals surface area contributed by atoms with Crippen LogP contribution in [0.15, 0.2) is 48.5 Å². The van der Waals surface area contributed by atoms with Crippen LogP contribution in [-0.2, 0) is 5.41 Å². The van der Waals surface area contributed by atoms with Crippen molar-refractivity contribution in [1.82, 2.24) is 0 Å². The molecule has 1 aliphatic carbocycles. The monoisotopic (exact) mass is 671 g/mol. The lowest BCUT2D eigenvalue weighted by atomic mass is 9.70. The number of benzene rings is 2. The number of hydrogen-bond acceptors (Lipinski definition) is 0. The van der Waals surface area contributed by atoms with Crippen molar-refractivity contribution >= 4 is 0 Å². The van der Waals surface area contributed by atoms with E-state index in [0.717, 1.165) is 0 Å². The van der Waals surface area contributed by atoms with E-state index >= 15 is 0 Å². The summed E-state index contributed by atoms with van der Waals surface area (Å²) in [5.74, 6) is 0. The van der Waals surface area contributed by atoms with Crippen LogP contribution in [0.4, 0.5) is 0 Å². The van der Waals surface area contributed by atoms with E-state index in [1.807, 2.05) is 0 Å². The molecule has 0 amide bonds. The highest BCUT2D eigenvalue weighted by molar-refractivity contribution is 5.80. The zero-order valence-electron chi connectivity index (χ0n) is 33.2. The van der Waals surface area contributed by atoms with Gasteiger partial charge in [-0.2, -0.15) is 0 Å². The van der Waals surface area contributed by atoms with Gasteiger partial charge >= 0.3 is 0 Å². The van der Waals surface area contributed by atoms with Crippen LogP contribution in [0.2, 0.25) is 0 Å². The summed E-state index contributed by atoms with van der Waals surface area (Å²) in [5.41, 5.74) is 6.55. The molecule has 0 aromatic heterocycles. The number of rotatable bonds is 34. The third-order valence-electron chi connectivity index (χ3n) is 12.1. The Morgan fingerprint density at radius 2 is 0.510 bits per heavy atom. The van der Waals surface area contributed by atoms with Crippen molar-refractivity contribution in [3.8, 4) is 11.1 Å². The summed E-state index contributed by atoms with van der Waals surface area (Å²) in [6, 6.07) is 18.9. The fourth-order valence-corrected chi connectivity index (χ4v) is 9.03. The number of unbranched alkanes of at least 4 members (excludes halogenated alkanes) is 30. The minimum Gasteiger partial charge on any atom is -0.0654 e. The van der Waals surface area contributed by atoms with E-state index in [1.54, 1.807) is 11.1 Å². The average molecular weight is 671 g/mol. The lowest BCUT2D eigenvalue weighted by Gasteiger charge is -2.33. The zero-order valence-corrected chi connectivity index (χ0v) is 33.2. The van der Waals surface area contributed by atoms with E-state index in [2.05, 4.69) is 62.4 Å². The highest BCUT2D eigenvalue weighted by Crippen LogP contribution is 2.54. The van der Waals surface area contributed by atoms with Crippen molar-refractivity contribution in [1.29, 1.82) is 0 Å². The lowest BCUT2D eigenvalue weighted by Crippen LogP contribution is -2.25. The van der Waals surface area contributed by atoms with Crippen LogP contribution in [0, 0.1) is 0 Å². The maximum atomic E-state index is 2.48. The van der Waals surface area contributed by atoms with Crippen LogP contribution in [0.25, 0.3) is 11.1 Å². The van der Waals surface area contributed by atoms with Crippen LogP contribution in [0.5, 0.6) is 0 Å². The van der Waals surface area contributed by atoms with Crippen molar-refractivity contribution in [2.75, 3.05) is 0 Å². The first-order valence-corrected chi connectivity index (χ1v) is 22.5. The first kappa shape index (κ1) is 41.9. The number of hydrogen-bond donors (Lipinski definition) is 0. The summed E-state index contributed by atoms with van der Waals surface area (Å²) >= 11 is 0. The molecule has 0 saturated heterocycles. The molecule has 2 aromatic carbocycles. The Balaban J connectivity index is 1.29. The Kier molecular flexibility index (Phi) is 24.0. The Morgan fingerprint density at radius 1 is 0.286 bits per heavy atom. The van der Waals surface area contributed by atoms with Crippen LogP contribution < -0.4 is 0 Å². The Morgan fingerprint density at radius 3 is 0.776 bits per heavy atom. The Labute approximate surface area is 307 Å². The van der Waals surface area contributed by atoms with Gasteiger partial charge in [0.2, 0.25) is 0 Å². The highest BCUT2D eigenvalue weighted by Gasteiger charge is 2.41. The molecule has 1 aliphatic rings. The second-order valence-electron chi connectivity index (χ2n) is 16.3. The molecule has 0 radical (unpaired) electrons. The molecule has 3 rings (SSSR count). The van der Waals surface area contributed by atoms with Crippen molar-refractivity contribution in [3.63, 3.8) is 0 Å². The average Bonchev–Trinajstić information content (AvgIpc) is 3.41. The van der Waals surface area contributed by atoms with E-state index in [1.165, 1.54) is 229 Å². The van der Waals surface area contributed by atoms with Gasteiger partial charge < -0.3 is 0 Å². The van der Waals surface area contributed by atoms with E-state index in [9.17, 15) is 0 Å². The summed E-state index contributed by atoms with van der Waals surface area (Å²) in [4.78, 5) is 0. The predicted molar refractivity (Wildman–Crippen MR) is 221 cm³/mol. The van der Waals surface area contributed by atoms with Gasteiger partial charge in [-0.05, 0) is 35.1 Å². The third-order valence-corrected chi connectivity index (χ3v) is 12.1. The predicted octanol–water partition coefficient (Wildman–Crippen LogP) is 17.3. The quantitative estimate of drug-likeness (QED) is 0.0650. The van der Waals surface area contributed by atoms with Gasteiger partial charge in [0.25, 0.3) is 0 Å². The molecule has 0 spiro atoms. The molecule has 0 nitrogen and oxygen atoms in total.